The fourth-order valence-electron chi connectivity index (χ4n) is 4.00. The highest BCUT2D eigenvalue weighted by atomic mass is 32.2. The first-order valence-corrected chi connectivity index (χ1v) is 14.2. The molecular weight excluding hydrogens is 543 g/mol. The summed E-state index contributed by atoms with van der Waals surface area (Å²) in [6.07, 6.45) is -4.04. The van der Waals surface area contributed by atoms with Gasteiger partial charge in [-0.2, -0.15) is 21.6 Å². The van der Waals surface area contributed by atoms with Gasteiger partial charge in [-0.15, -0.1) is 0 Å². The van der Waals surface area contributed by atoms with Gasteiger partial charge in [-0.25, -0.2) is 0 Å². The van der Waals surface area contributed by atoms with E-state index < -0.39 is 26.8 Å². The molecule has 0 N–H and O–H groups in total. The lowest BCUT2D eigenvalue weighted by Crippen LogP contribution is -2.37. The number of hydrogen-bond donors (Lipinski definition) is 0. The number of benzene rings is 3. The molecule has 0 saturated heterocycles. The van der Waals surface area contributed by atoms with Crippen LogP contribution >= 0.6 is 0 Å². The largest absolute Gasteiger partial charge is 0.493 e. The van der Waals surface area contributed by atoms with Crippen LogP contribution < -0.4 is 8.92 Å². The number of carbonyl (C=O) groups is 1. The van der Waals surface area contributed by atoms with Gasteiger partial charge in [-0.3, -0.25) is 4.79 Å². The van der Waals surface area contributed by atoms with Crippen LogP contribution in [0.1, 0.15) is 68.1 Å². The summed E-state index contributed by atoms with van der Waals surface area (Å²) in [5, 5.41) is 0. The number of carbonyl (C=O) groups excluding carboxylic acids is 1. The van der Waals surface area contributed by atoms with Gasteiger partial charge in [0.2, 0.25) is 0 Å². The van der Waals surface area contributed by atoms with Gasteiger partial charge in [-0.1, -0.05) is 52.0 Å². The van der Waals surface area contributed by atoms with Crippen molar-refractivity contribution in [2.75, 3.05) is 7.11 Å². The quantitative estimate of drug-likeness (QED) is 0.251. The Morgan fingerprint density at radius 2 is 1.57 bits per heavy atom. The van der Waals surface area contributed by atoms with Gasteiger partial charge < -0.3 is 13.8 Å². The summed E-state index contributed by atoms with van der Waals surface area (Å²) >= 11 is 0. The van der Waals surface area contributed by atoms with Gasteiger partial charge in [0.05, 0.1) is 12.7 Å². The van der Waals surface area contributed by atoms with Gasteiger partial charge in [0.15, 0.2) is 11.5 Å². The Morgan fingerprint density at radius 1 is 0.925 bits per heavy atom. The Hall–Kier alpha value is -3.53. The van der Waals surface area contributed by atoms with E-state index in [9.17, 15) is 26.4 Å². The second-order valence-corrected chi connectivity index (χ2v) is 12.1. The lowest BCUT2D eigenvalue weighted by molar-refractivity contribution is -0.137. The zero-order valence-electron chi connectivity index (χ0n) is 23.4. The van der Waals surface area contributed by atoms with Crippen LogP contribution in [-0.2, 0) is 28.3 Å². The highest BCUT2D eigenvalue weighted by Gasteiger charge is 2.32. The van der Waals surface area contributed by atoms with E-state index in [0.29, 0.717) is 23.6 Å². The molecule has 0 saturated carbocycles. The van der Waals surface area contributed by atoms with Crippen LogP contribution in [0.4, 0.5) is 13.2 Å². The van der Waals surface area contributed by atoms with Crippen LogP contribution in [-0.4, -0.2) is 32.4 Å². The lowest BCUT2D eigenvalue weighted by Gasteiger charge is -2.29. The molecule has 0 heterocycles. The number of amides is 1. The Morgan fingerprint density at radius 3 is 2.12 bits per heavy atom. The van der Waals surface area contributed by atoms with Crippen LogP contribution in [0.25, 0.3) is 0 Å². The molecule has 3 rings (SSSR count). The normalized spacial score (nSPS) is 13.0. The van der Waals surface area contributed by atoms with Gasteiger partial charge in [0.1, 0.15) is 4.90 Å². The van der Waals surface area contributed by atoms with Crippen molar-refractivity contribution in [3.05, 3.63) is 89.0 Å². The molecule has 1 amide bonds. The number of hydrogen-bond acceptors (Lipinski definition) is 5. The number of rotatable bonds is 9. The van der Waals surface area contributed by atoms with Gasteiger partial charge in [0, 0.05) is 18.2 Å². The SMILES string of the molecule is CCC(C)N(Cc1ccc(OC)c(OS(=O)(=O)c2cccc(C(F)(F)F)c2)c1)C(=O)c1ccc(C(C)(C)C)cc1. The van der Waals surface area contributed by atoms with E-state index in [-0.39, 0.29) is 35.4 Å². The lowest BCUT2D eigenvalue weighted by atomic mass is 9.86. The molecule has 3 aromatic rings. The van der Waals surface area contributed by atoms with Crippen molar-refractivity contribution in [2.24, 2.45) is 0 Å². The molecule has 0 aromatic heterocycles. The maximum atomic E-state index is 13.5. The monoisotopic (exact) mass is 577 g/mol. The molecule has 0 aliphatic heterocycles. The minimum Gasteiger partial charge on any atom is -0.493 e. The van der Waals surface area contributed by atoms with Gasteiger partial charge in [0.25, 0.3) is 5.91 Å². The molecule has 1 atom stereocenters. The van der Waals surface area contributed by atoms with Crippen molar-refractivity contribution in [3.8, 4) is 11.5 Å². The van der Waals surface area contributed by atoms with Crippen molar-refractivity contribution in [2.45, 2.75) is 70.1 Å². The molecule has 6 nitrogen and oxygen atoms in total. The fraction of sp³-hybridized carbons (Fsp3) is 0.367. The standard InChI is InChI=1S/C30H34F3NO5S/c1-7-20(2)34(28(35)22-12-14-23(15-13-22)29(3,4)5)19-21-11-16-26(38-6)27(17-21)39-40(36,37)25-10-8-9-24(18-25)30(31,32)33/h8-18,20H,7,19H2,1-6H3. The number of alkyl halides is 3. The summed E-state index contributed by atoms with van der Waals surface area (Å²) in [5.41, 5.74) is 0.987. The van der Waals surface area contributed by atoms with Crippen LogP contribution in [0.3, 0.4) is 0 Å². The molecule has 0 radical (unpaired) electrons. The number of ether oxygens (including phenoxy) is 1. The Kier molecular flexibility index (Phi) is 9.24. The Balaban J connectivity index is 1.92. The molecule has 0 spiro atoms. The average Bonchev–Trinajstić information content (AvgIpc) is 2.90. The zero-order valence-corrected chi connectivity index (χ0v) is 24.2. The van der Waals surface area contributed by atoms with E-state index in [1.165, 1.54) is 19.2 Å². The van der Waals surface area contributed by atoms with E-state index in [1.54, 1.807) is 23.1 Å². The van der Waals surface area contributed by atoms with E-state index in [4.69, 9.17) is 8.92 Å². The first-order valence-electron chi connectivity index (χ1n) is 12.8. The van der Waals surface area contributed by atoms with Crippen molar-refractivity contribution in [1.29, 1.82) is 0 Å². The van der Waals surface area contributed by atoms with Gasteiger partial charge >= 0.3 is 16.3 Å². The summed E-state index contributed by atoms with van der Waals surface area (Å²) in [5.74, 6) is -0.327. The molecule has 3 aromatic carbocycles. The molecular formula is C30H34F3NO5S. The van der Waals surface area contributed by atoms with E-state index in [0.717, 1.165) is 23.8 Å². The molecule has 0 aliphatic carbocycles. The zero-order chi connectivity index (χ0) is 29.9. The summed E-state index contributed by atoms with van der Waals surface area (Å²) in [6.45, 7) is 10.3. The average molecular weight is 578 g/mol. The third-order valence-electron chi connectivity index (χ3n) is 6.61. The van der Waals surface area contributed by atoms with E-state index in [2.05, 4.69) is 20.8 Å². The maximum absolute atomic E-state index is 13.5. The van der Waals surface area contributed by atoms with Gasteiger partial charge in [-0.05, 0) is 72.4 Å². The van der Waals surface area contributed by atoms with Crippen LogP contribution in [0.15, 0.2) is 71.6 Å². The minimum atomic E-state index is -4.72. The predicted molar refractivity (Wildman–Crippen MR) is 147 cm³/mol. The maximum Gasteiger partial charge on any atom is 0.416 e. The summed E-state index contributed by atoms with van der Waals surface area (Å²) in [6, 6.07) is 15.2. The molecule has 0 aliphatic rings. The van der Waals surface area contributed by atoms with E-state index in [1.807, 2.05) is 26.0 Å². The molecule has 0 bridgehead atoms. The van der Waals surface area contributed by atoms with Crippen molar-refractivity contribution < 1.29 is 35.3 Å². The second-order valence-electron chi connectivity index (χ2n) is 10.6. The molecule has 216 valence electrons. The first-order chi connectivity index (χ1) is 18.6. The first kappa shape index (κ1) is 31.0. The number of nitrogens with zero attached hydrogens (tertiary/aromatic N) is 1. The predicted octanol–water partition coefficient (Wildman–Crippen LogP) is 7.22. The van der Waals surface area contributed by atoms with Crippen molar-refractivity contribution >= 4 is 16.0 Å². The van der Waals surface area contributed by atoms with Crippen LogP contribution in [0.5, 0.6) is 11.5 Å². The van der Waals surface area contributed by atoms with Crippen LogP contribution in [0, 0.1) is 0 Å². The minimum absolute atomic E-state index is 0.0636. The summed E-state index contributed by atoms with van der Waals surface area (Å²) < 4.78 is 75.8. The summed E-state index contributed by atoms with van der Waals surface area (Å²) in [7, 11) is -3.32. The topological polar surface area (TPSA) is 72.9 Å². The van der Waals surface area contributed by atoms with Crippen LogP contribution in [0.2, 0.25) is 0 Å². The third-order valence-corrected chi connectivity index (χ3v) is 7.84. The molecule has 0 fully saturated rings. The number of methoxy groups -OCH3 is 1. The highest BCUT2D eigenvalue weighted by molar-refractivity contribution is 7.87. The molecule has 10 heteroatoms. The molecule has 1 unspecified atom stereocenters. The third kappa shape index (κ3) is 7.35. The van der Waals surface area contributed by atoms with Crippen molar-refractivity contribution in [1.82, 2.24) is 4.90 Å². The van der Waals surface area contributed by atoms with E-state index >= 15 is 0 Å². The number of halogens is 3. The van der Waals surface area contributed by atoms with Crippen molar-refractivity contribution in [3.63, 3.8) is 0 Å². The molecule has 40 heavy (non-hydrogen) atoms. The second kappa shape index (κ2) is 11.9. The Bertz CT molecular complexity index is 1450. The fourth-order valence-corrected chi connectivity index (χ4v) is 4.98. The summed E-state index contributed by atoms with van der Waals surface area (Å²) in [4.78, 5) is 14.6. The Labute approximate surface area is 233 Å². The smallest absolute Gasteiger partial charge is 0.416 e. The highest BCUT2D eigenvalue weighted by Crippen LogP contribution is 2.34.